The Labute approximate surface area is 84.3 Å². The van der Waals surface area contributed by atoms with Crippen LogP contribution in [0.25, 0.3) is 0 Å². The van der Waals surface area contributed by atoms with Crippen molar-refractivity contribution in [2.75, 3.05) is 0 Å². The molecule has 1 rings (SSSR count). The quantitative estimate of drug-likeness (QED) is 0.722. The molecular weight excluding hydrogens is 194 g/mol. The van der Waals surface area contributed by atoms with Crippen LogP contribution in [-0.2, 0) is 7.05 Å². The fourth-order valence-corrected chi connectivity index (χ4v) is 0.814. The van der Waals surface area contributed by atoms with E-state index in [2.05, 4.69) is 18.8 Å². The van der Waals surface area contributed by atoms with E-state index in [0.717, 1.165) is 17.1 Å². The van der Waals surface area contributed by atoms with Gasteiger partial charge in [0, 0.05) is 19.4 Å². The van der Waals surface area contributed by atoms with Gasteiger partial charge < -0.3 is 4.57 Å². The van der Waals surface area contributed by atoms with Crippen LogP contribution >= 0.6 is 24.4 Å². The van der Waals surface area contributed by atoms with Crippen molar-refractivity contribution in [3.05, 3.63) is 12.4 Å². The number of nitrogens with two attached hydrogens (primary N) is 1. The SMILES string of the molecule is CCC.Cl.Cn1ccnc1SN. The second kappa shape index (κ2) is 8.90. The van der Waals surface area contributed by atoms with E-state index < -0.39 is 0 Å². The van der Waals surface area contributed by atoms with Crippen LogP contribution in [0, 0.1) is 0 Å². The summed E-state index contributed by atoms with van der Waals surface area (Å²) in [7, 11) is 1.90. The third kappa shape index (κ3) is 5.46. The molecule has 0 radical (unpaired) electrons. The molecule has 0 aromatic carbocycles. The predicted molar refractivity (Wildman–Crippen MR) is 56.5 cm³/mol. The Bertz CT molecular complexity index is 191. The van der Waals surface area contributed by atoms with E-state index >= 15 is 0 Å². The van der Waals surface area contributed by atoms with Gasteiger partial charge in [-0.1, -0.05) is 20.3 Å². The van der Waals surface area contributed by atoms with Gasteiger partial charge in [-0.05, 0) is 11.9 Å². The Kier molecular flexibility index (Phi) is 10.6. The highest BCUT2D eigenvalue weighted by atomic mass is 35.5. The molecule has 0 aliphatic carbocycles. The number of aryl methyl sites for hydroxylation is 1. The van der Waals surface area contributed by atoms with Gasteiger partial charge in [-0.25, -0.2) is 4.98 Å². The van der Waals surface area contributed by atoms with Gasteiger partial charge in [-0.15, -0.1) is 12.4 Å². The Morgan fingerprint density at radius 3 is 2.25 bits per heavy atom. The highest BCUT2D eigenvalue weighted by molar-refractivity contribution is 7.96. The third-order valence-electron chi connectivity index (χ3n) is 0.882. The first-order chi connectivity index (χ1) is 5.26. The summed E-state index contributed by atoms with van der Waals surface area (Å²) >= 11 is 1.15. The lowest BCUT2D eigenvalue weighted by molar-refractivity contribution is 0.790. The summed E-state index contributed by atoms with van der Waals surface area (Å²) in [6.07, 6.45) is 4.82. The van der Waals surface area contributed by atoms with E-state index in [1.54, 1.807) is 6.20 Å². The Morgan fingerprint density at radius 1 is 1.58 bits per heavy atom. The molecule has 0 saturated carbocycles. The van der Waals surface area contributed by atoms with Crippen molar-refractivity contribution in [3.8, 4) is 0 Å². The lowest BCUT2D eigenvalue weighted by Crippen LogP contribution is -1.90. The summed E-state index contributed by atoms with van der Waals surface area (Å²) in [6, 6.07) is 0. The van der Waals surface area contributed by atoms with Crippen LogP contribution in [0.4, 0.5) is 0 Å². The van der Waals surface area contributed by atoms with E-state index in [0.29, 0.717) is 0 Å². The van der Waals surface area contributed by atoms with Crippen LogP contribution in [0.1, 0.15) is 20.3 Å². The second-order valence-corrected chi connectivity index (χ2v) is 2.75. The van der Waals surface area contributed by atoms with E-state index in [1.165, 1.54) is 6.42 Å². The smallest absolute Gasteiger partial charge is 0.182 e. The number of aromatic nitrogens is 2. The molecular formula is C7H16ClN3S. The van der Waals surface area contributed by atoms with Crippen LogP contribution in [0.2, 0.25) is 0 Å². The zero-order valence-corrected chi connectivity index (χ0v) is 9.28. The highest BCUT2D eigenvalue weighted by Gasteiger charge is 1.92. The zero-order chi connectivity index (χ0) is 8.69. The minimum Gasteiger partial charge on any atom is -0.328 e. The summed E-state index contributed by atoms with van der Waals surface area (Å²) < 4.78 is 1.87. The lowest BCUT2D eigenvalue weighted by Gasteiger charge is -1.91. The van der Waals surface area contributed by atoms with Crippen molar-refractivity contribution in [2.24, 2.45) is 12.2 Å². The normalized spacial score (nSPS) is 8.00. The highest BCUT2D eigenvalue weighted by Crippen LogP contribution is 2.04. The van der Waals surface area contributed by atoms with E-state index in [4.69, 9.17) is 5.14 Å². The first-order valence-electron chi connectivity index (χ1n) is 3.60. The Morgan fingerprint density at radius 2 is 2.08 bits per heavy atom. The van der Waals surface area contributed by atoms with Gasteiger partial charge in [0.25, 0.3) is 0 Å². The molecule has 0 atom stereocenters. The molecule has 0 aliphatic heterocycles. The van der Waals surface area contributed by atoms with E-state index in [-0.39, 0.29) is 12.4 Å². The first-order valence-corrected chi connectivity index (χ1v) is 4.48. The maximum atomic E-state index is 5.23. The number of rotatable bonds is 1. The monoisotopic (exact) mass is 209 g/mol. The fourth-order valence-electron chi connectivity index (χ4n) is 0.465. The van der Waals surface area contributed by atoms with Crippen LogP contribution in [0.3, 0.4) is 0 Å². The van der Waals surface area contributed by atoms with Gasteiger partial charge in [0.2, 0.25) is 0 Å². The molecule has 1 aromatic rings. The van der Waals surface area contributed by atoms with Gasteiger partial charge in [0.1, 0.15) is 0 Å². The van der Waals surface area contributed by atoms with Gasteiger partial charge in [0.15, 0.2) is 5.16 Å². The van der Waals surface area contributed by atoms with Gasteiger partial charge >= 0.3 is 0 Å². The standard InChI is InChI=1S/C4H7N3S.C3H8.ClH/c1-7-3-2-6-4(7)8-5;1-3-2;/h2-3H,5H2,1H3;3H2,1-2H3;1H. The molecule has 0 bridgehead atoms. The van der Waals surface area contributed by atoms with E-state index in [1.807, 2.05) is 17.8 Å². The number of hydrogen-bond donors (Lipinski definition) is 1. The van der Waals surface area contributed by atoms with Crippen LogP contribution in [-0.4, -0.2) is 9.55 Å². The number of imidazole rings is 1. The largest absolute Gasteiger partial charge is 0.328 e. The number of halogens is 1. The number of nitrogens with zero attached hydrogens (tertiary/aromatic N) is 2. The Hall–Kier alpha value is -0.190. The fraction of sp³-hybridized carbons (Fsp3) is 0.571. The average molecular weight is 210 g/mol. The molecule has 3 nitrogen and oxygen atoms in total. The summed E-state index contributed by atoms with van der Waals surface area (Å²) in [5, 5.41) is 6.07. The number of hydrogen-bond acceptors (Lipinski definition) is 3. The molecule has 12 heavy (non-hydrogen) atoms. The summed E-state index contributed by atoms with van der Waals surface area (Å²) in [5.41, 5.74) is 0. The van der Waals surface area contributed by atoms with Crippen LogP contribution in [0.15, 0.2) is 17.6 Å². The Balaban J connectivity index is 0. The molecule has 0 fully saturated rings. The zero-order valence-electron chi connectivity index (χ0n) is 7.65. The molecule has 5 heteroatoms. The molecule has 0 unspecified atom stereocenters. The molecule has 0 spiro atoms. The van der Waals surface area contributed by atoms with Gasteiger partial charge in [-0.2, -0.15) is 0 Å². The van der Waals surface area contributed by atoms with Gasteiger partial charge in [0.05, 0.1) is 0 Å². The minimum absolute atomic E-state index is 0. The van der Waals surface area contributed by atoms with Crippen molar-refractivity contribution >= 4 is 24.4 Å². The second-order valence-electron chi connectivity index (χ2n) is 2.15. The summed E-state index contributed by atoms with van der Waals surface area (Å²) in [6.45, 7) is 4.25. The summed E-state index contributed by atoms with van der Waals surface area (Å²) in [4.78, 5) is 3.94. The molecule has 0 saturated heterocycles. The molecule has 0 aliphatic rings. The van der Waals surface area contributed by atoms with Crippen LogP contribution < -0.4 is 5.14 Å². The van der Waals surface area contributed by atoms with Crippen molar-refractivity contribution in [3.63, 3.8) is 0 Å². The molecule has 1 heterocycles. The first kappa shape index (κ1) is 14.3. The predicted octanol–water partition coefficient (Wildman–Crippen LogP) is 2.22. The van der Waals surface area contributed by atoms with Crippen molar-refractivity contribution in [2.45, 2.75) is 25.4 Å². The lowest BCUT2D eigenvalue weighted by atomic mass is 10.6. The third-order valence-corrected chi connectivity index (χ3v) is 1.49. The molecule has 0 amide bonds. The molecule has 72 valence electrons. The van der Waals surface area contributed by atoms with Crippen LogP contribution in [0.5, 0.6) is 0 Å². The molecule has 2 N–H and O–H groups in total. The summed E-state index contributed by atoms with van der Waals surface area (Å²) in [5.74, 6) is 0. The van der Waals surface area contributed by atoms with Crippen molar-refractivity contribution < 1.29 is 0 Å². The topological polar surface area (TPSA) is 43.8 Å². The van der Waals surface area contributed by atoms with E-state index in [9.17, 15) is 0 Å². The van der Waals surface area contributed by atoms with Crippen molar-refractivity contribution in [1.82, 2.24) is 9.55 Å². The molecule has 1 aromatic heterocycles. The maximum absolute atomic E-state index is 5.23. The maximum Gasteiger partial charge on any atom is 0.182 e. The van der Waals surface area contributed by atoms with Crippen molar-refractivity contribution in [1.29, 1.82) is 0 Å². The average Bonchev–Trinajstić information content (AvgIpc) is 2.36. The minimum atomic E-state index is 0. The van der Waals surface area contributed by atoms with Gasteiger partial charge in [-0.3, -0.25) is 5.14 Å².